The molecule has 1 heterocycles. The van der Waals surface area contributed by atoms with Crippen molar-refractivity contribution in [3.8, 4) is 5.75 Å². The zero-order valence-corrected chi connectivity index (χ0v) is 13.9. The summed E-state index contributed by atoms with van der Waals surface area (Å²) >= 11 is 0. The zero-order chi connectivity index (χ0) is 18.1. The fourth-order valence-corrected chi connectivity index (χ4v) is 3.07. The van der Waals surface area contributed by atoms with Crippen LogP contribution >= 0.6 is 0 Å². The Labute approximate surface area is 143 Å². The van der Waals surface area contributed by atoms with Crippen molar-refractivity contribution in [3.63, 3.8) is 0 Å². The number of ether oxygens (including phenoxy) is 1. The summed E-state index contributed by atoms with van der Waals surface area (Å²) in [5, 5.41) is 16.3. The van der Waals surface area contributed by atoms with E-state index in [0.29, 0.717) is 12.8 Å². The number of methoxy groups -OCH3 is 1. The lowest BCUT2D eigenvalue weighted by Gasteiger charge is -2.37. The summed E-state index contributed by atoms with van der Waals surface area (Å²) in [5.41, 5.74) is 0.0663. The molecule has 0 spiro atoms. The van der Waals surface area contributed by atoms with Gasteiger partial charge in [-0.3, -0.25) is 9.48 Å². The van der Waals surface area contributed by atoms with Crippen molar-refractivity contribution in [2.75, 3.05) is 7.11 Å². The van der Waals surface area contributed by atoms with Crippen molar-refractivity contribution < 1.29 is 23.4 Å². The van der Waals surface area contributed by atoms with Crippen molar-refractivity contribution in [1.82, 2.24) is 15.1 Å². The van der Waals surface area contributed by atoms with E-state index in [2.05, 4.69) is 10.4 Å². The molecule has 6 nitrogen and oxygen atoms in total. The molecule has 2 aromatic rings. The van der Waals surface area contributed by atoms with Crippen molar-refractivity contribution in [1.29, 1.82) is 0 Å². The van der Waals surface area contributed by atoms with Crippen LogP contribution in [0.3, 0.4) is 0 Å². The number of aliphatic hydroxyl groups excluding tert-OH is 1. The van der Waals surface area contributed by atoms with Crippen molar-refractivity contribution in [2.45, 2.75) is 25.0 Å². The van der Waals surface area contributed by atoms with E-state index in [-0.39, 0.29) is 11.7 Å². The second kappa shape index (κ2) is 6.79. The number of benzene rings is 1. The first-order chi connectivity index (χ1) is 11.9. The van der Waals surface area contributed by atoms with E-state index in [1.807, 2.05) is 0 Å². The summed E-state index contributed by atoms with van der Waals surface area (Å²) in [6, 6.07) is 1.44. The number of nitrogens with zero attached hydrogens (tertiary/aromatic N) is 2. The van der Waals surface area contributed by atoms with Crippen LogP contribution in [-0.2, 0) is 7.05 Å². The molecule has 0 aliphatic heterocycles. The van der Waals surface area contributed by atoms with Crippen LogP contribution in [0.25, 0.3) is 0 Å². The molecule has 0 unspecified atom stereocenters. The Morgan fingerprint density at radius 3 is 2.52 bits per heavy atom. The number of carbonyl (C=O) groups excluding carboxylic acids is 1. The Balaban J connectivity index is 1.86. The number of aromatic nitrogens is 2. The molecule has 0 saturated heterocycles. The minimum Gasteiger partial charge on any atom is -0.497 e. The summed E-state index contributed by atoms with van der Waals surface area (Å²) in [4.78, 5) is 12.5. The standard InChI is InChI=1S/C17H19F2N3O3/c1-22-8-10(7-20-22)16(9-3-11(23)4-9)21-17(24)15-13(18)5-12(25-2)6-14(15)19/h5-9,11,16,23H,3-4H2,1-2H3,(H,21,24)/t9?,11?,16-/m1/s1. The second-order valence-electron chi connectivity index (χ2n) is 6.25. The molecule has 0 bridgehead atoms. The van der Waals surface area contributed by atoms with Crippen molar-refractivity contribution >= 4 is 5.91 Å². The van der Waals surface area contributed by atoms with Crippen LogP contribution < -0.4 is 10.1 Å². The first kappa shape index (κ1) is 17.3. The maximum Gasteiger partial charge on any atom is 0.257 e. The molecule has 2 N–H and O–H groups in total. The van der Waals surface area contributed by atoms with Crippen LogP contribution in [0.5, 0.6) is 5.75 Å². The fraction of sp³-hybridized carbons (Fsp3) is 0.412. The number of hydrogen-bond donors (Lipinski definition) is 2. The summed E-state index contributed by atoms with van der Waals surface area (Å²) in [7, 11) is 3.02. The summed E-state index contributed by atoms with van der Waals surface area (Å²) in [5.74, 6) is -2.86. The number of aryl methyl sites for hydroxylation is 1. The quantitative estimate of drug-likeness (QED) is 0.863. The van der Waals surface area contributed by atoms with E-state index < -0.39 is 35.3 Å². The van der Waals surface area contributed by atoms with E-state index >= 15 is 0 Å². The number of rotatable bonds is 5. The van der Waals surface area contributed by atoms with Gasteiger partial charge in [0.05, 0.1) is 25.5 Å². The molecule has 1 fully saturated rings. The molecule has 1 aliphatic carbocycles. The van der Waals surface area contributed by atoms with E-state index in [9.17, 15) is 18.7 Å². The van der Waals surface area contributed by atoms with Gasteiger partial charge in [0.2, 0.25) is 0 Å². The first-order valence-corrected chi connectivity index (χ1v) is 7.89. The molecular formula is C17H19F2N3O3. The minimum atomic E-state index is -0.993. The lowest BCUT2D eigenvalue weighted by atomic mass is 9.75. The van der Waals surface area contributed by atoms with Crippen LogP contribution in [0.4, 0.5) is 8.78 Å². The maximum absolute atomic E-state index is 14.1. The Hall–Kier alpha value is -2.48. The number of hydrogen-bond acceptors (Lipinski definition) is 4. The number of amides is 1. The van der Waals surface area contributed by atoms with Gasteiger partial charge in [-0.25, -0.2) is 8.78 Å². The molecule has 134 valence electrons. The summed E-state index contributed by atoms with van der Waals surface area (Å²) in [6.45, 7) is 0. The molecule has 1 aromatic carbocycles. The normalized spacial score (nSPS) is 20.7. The lowest BCUT2D eigenvalue weighted by molar-refractivity contribution is 0.0234. The van der Waals surface area contributed by atoms with Crippen LogP contribution in [0.15, 0.2) is 24.5 Å². The molecule has 1 saturated carbocycles. The second-order valence-corrected chi connectivity index (χ2v) is 6.25. The average molecular weight is 351 g/mol. The van der Waals surface area contributed by atoms with Gasteiger partial charge < -0.3 is 15.2 Å². The van der Waals surface area contributed by atoms with Crippen molar-refractivity contribution in [3.05, 3.63) is 47.3 Å². The van der Waals surface area contributed by atoms with Gasteiger partial charge in [-0.15, -0.1) is 0 Å². The van der Waals surface area contributed by atoms with Gasteiger partial charge in [-0.1, -0.05) is 0 Å². The Morgan fingerprint density at radius 1 is 1.40 bits per heavy atom. The van der Waals surface area contributed by atoms with E-state index in [1.54, 1.807) is 24.1 Å². The molecule has 8 heteroatoms. The average Bonchev–Trinajstić information content (AvgIpc) is 2.95. The Kier molecular flexibility index (Phi) is 4.71. The van der Waals surface area contributed by atoms with Gasteiger partial charge >= 0.3 is 0 Å². The molecule has 3 rings (SSSR count). The van der Waals surface area contributed by atoms with Gasteiger partial charge in [-0.05, 0) is 18.8 Å². The third-order valence-electron chi connectivity index (χ3n) is 4.47. The van der Waals surface area contributed by atoms with Gasteiger partial charge in [-0.2, -0.15) is 5.10 Å². The minimum absolute atomic E-state index is 0.00234. The predicted molar refractivity (Wildman–Crippen MR) is 85.1 cm³/mol. The highest BCUT2D eigenvalue weighted by Gasteiger charge is 2.37. The maximum atomic E-state index is 14.1. The van der Waals surface area contributed by atoms with Crippen LogP contribution in [0, 0.1) is 17.6 Å². The topological polar surface area (TPSA) is 76.4 Å². The number of carbonyl (C=O) groups is 1. The molecule has 1 aliphatic rings. The van der Waals surface area contributed by atoms with Gasteiger partial charge in [0.25, 0.3) is 5.91 Å². The Morgan fingerprint density at radius 2 is 2.04 bits per heavy atom. The van der Waals surface area contributed by atoms with Gasteiger partial charge in [0.15, 0.2) is 0 Å². The highest BCUT2D eigenvalue weighted by Crippen LogP contribution is 2.38. The van der Waals surface area contributed by atoms with Crippen molar-refractivity contribution in [2.24, 2.45) is 13.0 Å². The zero-order valence-electron chi connectivity index (χ0n) is 13.9. The van der Waals surface area contributed by atoms with Crippen LogP contribution in [0.1, 0.15) is 34.8 Å². The third kappa shape index (κ3) is 3.48. The fourth-order valence-electron chi connectivity index (χ4n) is 3.07. The van der Waals surface area contributed by atoms with Gasteiger partial charge in [0.1, 0.15) is 22.9 Å². The van der Waals surface area contributed by atoms with Crippen LogP contribution in [0.2, 0.25) is 0 Å². The lowest BCUT2D eigenvalue weighted by Crippen LogP contribution is -2.41. The largest absolute Gasteiger partial charge is 0.497 e. The monoisotopic (exact) mass is 351 g/mol. The molecule has 25 heavy (non-hydrogen) atoms. The molecule has 0 radical (unpaired) electrons. The number of halogens is 2. The highest BCUT2D eigenvalue weighted by molar-refractivity contribution is 5.95. The van der Waals surface area contributed by atoms with E-state index in [4.69, 9.17) is 4.74 Å². The molecule has 1 aromatic heterocycles. The highest BCUT2D eigenvalue weighted by atomic mass is 19.1. The van der Waals surface area contributed by atoms with E-state index in [0.717, 1.165) is 17.7 Å². The summed E-state index contributed by atoms with van der Waals surface area (Å²) in [6.07, 6.45) is 3.92. The SMILES string of the molecule is COc1cc(F)c(C(=O)N[C@@H](c2cnn(C)c2)C2CC(O)C2)c(F)c1. The molecule has 1 atom stereocenters. The van der Waals surface area contributed by atoms with Gasteiger partial charge in [0, 0.05) is 30.9 Å². The molecule has 1 amide bonds. The number of aliphatic hydroxyl groups is 1. The predicted octanol–water partition coefficient (Wildman–Crippen LogP) is 1.95. The Bertz CT molecular complexity index is 764. The first-order valence-electron chi connectivity index (χ1n) is 7.89. The molecular weight excluding hydrogens is 332 g/mol. The van der Waals surface area contributed by atoms with Crippen LogP contribution in [-0.4, -0.2) is 34.0 Å². The summed E-state index contributed by atoms with van der Waals surface area (Å²) < 4.78 is 34.6. The van der Waals surface area contributed by atoms with E-state index in [1.165, 1.54) is 7.11 Å². The number of nitrogens with one attached hydrogen (secondary N) is 1. The smallest absolute Gasteiger partial charge is 0.257 e. The third-order valence-corrected chi connectivity index (χ3v) is 4.47.